The molecule has 2 aliphatic rings. The molecule has 1 aliphatic heterocycles. The third kappa shape index (κ3) is 5.05. The fourth-order valence-electron chi connectivity index (χ4n) is 3.40. The largest absolute Gasteiger partial charge is 0.381 e. The normalized spacial score (nSPS) is 26.1. The van der Waals surface area contributed by atoms with E-state index in [0.29, 0.717) is 6.04 Å². The number of rotatable bonds is 8. The summed E-state index contributed by atoms with van der Waals surface area (Å²) in [5.74, 6) is 0. The van der Waals surface area contributed by atoms with E-state index in [2.05, 4.69) is 12.2 Å². The highest BCUT2D eigenvalue weighted by molar-refractivity contribution is 4.93. The lowest BCUT2D eigenvalue weighted by Crippen LogP contribution is -2.45. The van der Waals surface area contributed by atoms with Gasteiger partial charge in [0.15, 0.2) is 0 Å². The molecule has 1 aliphatic carbocycles. The monoisotopic (exact) mass is 269 g/mol. The van der Waals surface area contributed by atoms with Crippen molar-refractivity contribution in [2.75, 3.05) is 26.4 Å². The Bertz CT molecular complexity index is 239. The summed E-state index contributed by atoms with van der Waals surface area (Å²) in [6, 6.07) is 0.669. The Morgan fingerprint density at radius 1 is 1.21 bits per heavy atom. The van der Waals surface area contributed by atoms with Crippen LogP contribution >= 0.6 is 0 Å². The van der Waals surface area contributed by atoms with Crippen LogP contribution < -0.4 is 5.32 Å². The third-order valence-electron chi connectivity index (χ3n) is 4.55. The van der Waals surface area contributed by atoms with E-state index in [1.165, 1.54) is 51.4 Å². The molecule has 2 fully saturated rings. The minimum atomic E-state index is 0.244. The first-order valence-electron chi connectivity index (χ1n) is 8.30. The second-order valence-electron chi connectivity index (χ2n) is 6.20. The van der Waals surface area contributed by atoms with Crippen molar-refractivity contribution in [3.63, 3.8) is 0 Å². The molecule has 1 saturated carbocycles. The lowest BCUT2D eigenvalue weighted by Gasteiger charge is -2.38. The zero-order chi connectivity index (χ0) is 13.4. The Labute approximate surface area is 118 Å². The number of unbranched alkanes of at least 4 members (excludes halogenated alkanes) is 1. The Hall–Kier alpha value is -0.120. The molecule has 112 valence electrons. The van der Waals surface area contributed by atoms with Gasteiger partial charge in [-0.15, -0.1) is 0 Å². The molecule has 1 saturated heterocycles. The van der Waals surface area contributed by atoms with Crippen LogP contribution in [0, 0.1) is 0 Å². The molecule has 1 N–H and O–H groups in total. The molecular formula is C16H31NO2. The first-order chi connectivity index (χ1) is 9.35. The van der Waals surface area contributed by atoms with E-state index in [0.717, 1.165) is 32.8 Å². The molecule has 0 radical (unpaired) electrons. The van der Waals surface area contributed by atoms with Crippen molar-refractivity contribution in [1.82, 2.24) is 5.32 Å². The lowest BCUT2D eigenvalue weighted by molar-refractivity contribution is -0.0836. The molecule has 0 aromatic heterocycles. The van der Waals surface area contributed by atoms with Gasteiger partial charge < -0.3 is 14.8 Å². The van der Waals surface area contributed by atoms with Gasteiger partial charge in [-0.05, 0) is 45.1 Å². The maximum absolute atomic E-state index is 6.06. The zero-order valence-corrected chi connectivity index (χ0v) is 12.6. The molecule has 1 heterocycles. The summed E-state index contributed by atoms with van der Waals surface area (Å²) in [6.45, 7) is 6.07. The average molecular weight is 269 g/mol. The summed E-state index contributed by atoms with van der Waals surface area (Å²) in [5.41, 5.74) is 0.244. The Morgan fingerprint density at radius 2 is 2.00 bits per heavy atom. The SMILES string of the molecule is CCCCOCCCNC1CCOC2(CCCC2)C1. The molecule has 19 heavy (non-hydrogen) atoms. The van der Waals surface area contributed by atoms with Crippen molar-refractivity contribution >= 4 is 0 Å². The van der Waals surface area contributed by atoms with Crippen molar-refractivity contribution in [2.45, 2.75) is 76.4 Å². The summed E-state index contributed by atoms with van der Waals surface area (Å²) in [7, 11) is 0. The predicted octanol–water partition coefficient (Wildman–Crippen LogP) is 3.27. The van der Waals surface area contributed by atoms with Crippen LogP contribution in [0.1, 0.15) is 64.7 Å². The van der Waals surface area contributed by atoms with Crippen LogP contribution in [-0.4, -0.2) is 38.0 Å². The third-order valence-corrected chi connectivity index (χ3v) is 4.55. The Balaban J connectivity index is 1.53. The maximum Gasteiger partial charge on any atom is 0.0697 e. The number of ether oxygens (including phenoxy) is 2. The summed E-state index contributed by atoms with van der Waals surface area (Å²) in [6.07, 6.45) is 11.2. The summed E-state index contributed by atoms with van der Waals surface area (Å²) in [4.78, 5) is 0. The maximum atomic E-state index is 6.06. The van der Waals surface area contributed by atoms with Crippen LogP contribution in [0.3, 0.4) is 0 Å². The topological polar surface area (TPSA) is 30.5 Å². The van der Waals surface area contributed by atoms with Crippen molar-refractivity contribution in [2.24, 2.45) is 0 Å². The molecule has 3 nitrogen and oxygen atoms in total. The van der Waals surface area contributed by atoms with E-state index in [4.69, 9.17) is 9.47 Å². The second kappa shape index (κ2) is 8.23. The Kier molecular flexibility index (Phi) is 6.62. The van der Waals surface area contributed by atoms with Crippen LogP contribution in [0.4, 0.5) is 0 Å². The molecule has 1 spiro atoms. The molecule has 3 heteroatoms. The quantitative estimate of drug-likeness (QED) is 0.686. The molecule has 0 bridgehead atoms. The van der Waals surface area contributed by atoms with Gasteiger partial charge in [-0.3, -0.25) is 0 Å². The minimum Gasteiger partial charge on any atom is -0.381 e. The highest BCUT2D eigenvalue weighted by Crippen LogP contribution is 2.39. The minimum absolute atomic E-state index is 0.244. The van der Waals surface area contributed by atoms with E-state index < -0.39 is 0 Å². The van der Waals surface area contributed by atoms with Gasteiger partial charge in [-0.1, -0.05) is 26.2 Å². The number of nitrogens with one attached hydrogen (secondary N) is 1. The fraction of sp³-hybridized carbons (Fsp3) is 1.00. The van der Waals surface area contributed by atoms with Crippen molar-refractivity contribution in [3.05, 3.63) is 0 Å². The molecule has 1 unspecified atom stereocenters. The van der Waals surface area contributed by atoms with Gasteiger partial charge >= 0.3 is 0 Å². The van der Waals surface area contributed by atoms with E-state index in [-0.39, 0.29) is 5.60 Å². The molecule has 2 rings (SSSR count). The standard InChI is InChI=1S/C16H31NO2/c1-2-3-11-18-12-6-10-17-15-7-13-19-16(14-15)8-4-5-9-16/h15,17H,2-14H2,1H3. The highest BCUT2D eigenvalue weighted by atomic mass is 16.5. The summed E-state index contributed by atoms with van der Waals surface area (Å²) >= 11 is 0. The van der Waals surface area contributed by atoms with Gasteiger partial charge in [0, 0.05) is 25.9 Å². The van der Waals surface area contributed by atoms with E-state index in [1.807, 2.05) is 0 Å². The highest BCUT2D eigenvalue weighted by Gasteiger charge is 2.39. The average Bonchev–Trinajstić information content (AvgIpc) is 2.86. The van der Waals surface area contributed by atoms with E-state index in [9.17, 15) is 0 Å². The van der Waals surface area contributed by atoms with Crippen LogP contribution in [0.25, 0.3) is 0 Å². The van der Waals surface area contributed by atoms with Gasteiger partial charge in [0.1, 0.15) is 0 Å². The fourth-order valence-corrected chi connectivity index (χ4v) is 3.40. The molecule has 0 aromatic rings. The van der Waals surface area contributed by atoms with Crippen molar-refractivity contribution in [1.29, 1.82) is 0 Å². The second-order valence-corrected chi connectivity index (χ2v) is 6.20. The van der Waals surface area contributed by atoms with Crippen LogP contribution in [0.2, 0.25) is 0 Å². The van der Waals surface area contributed by atoms with E-state index in [1.54, 1.807) is 0 Å². The predicted molar refractivity (Wildman–Crippen MR) is 78.5 cm³/mol. The number of hydrogen-bond acceptors (Lipinski definition) is 3. The van der Waals surface area contributed by atoms with Crippen LogP contribution in [0.15, 0.2) is 0 Å². The Morgan fingerprint density at radius 3 is 2.79 bits per heavy atom. The molecule has 1 atom stereocenters. The molecular weight excluding hydrogens is 238 g/mol. The van der Waals surface area contributed by atoms with Gasteiger partial charge in [0.2, 0.25) is 0 Å². The summed E-state index contributed by atoms with van der Waals surface area (Å²) < 4.78 is 11.7. The van der Waals surface area contributed by atoms with Gasteiger partial charge in [-0.25, -0.2) is 0 Å². The molecule has 0 aromatic carbocycles. The first kappa shape index (κ1) is 15.3. The van der Waals surface area contributed by atoms with Crippen LogP contribution in [0.5, 0.6) is 0 Å². The number of hydrogen-bond donors (Lipinski definition) is 1. The molecule has 0 amide bonds. The van der Waals surface area contributed by atoms with Crippen molar-refractivity contribution < 1.29 is 9.47 Å². The first-order valence-corrected chi connectivity index (χ1v) is 8.30. The summed E-state index contributed by atoms with van der Waals surface area (Å²) in [5, 5.41) is 3.70. The van der Waals surface area contributed by atoms with Gasteiger partial charge in [0.05, 0.1) is 5.60 Å². The zero-order valence-electron chi connectivity index (χ0n) is 12.6. The van der Waals surface area contributed by atoms with Gasteiger partial charge in [0.25, 0.3) is 0 Å². The van der Waals surface area contributed by atoms with E-state index >= 15 is 0 Å². The van der Waals surface area contributed by atoms with Crippen molar-refractivity contribution in [3.8, 4) is 0 Å². The van der Waals surface area contributed by atoms with Gasteiger partial charge in [-0.2, -0.15) is 0 Å². The smallest absolute Gasteiger partial charge is 0.0697 e. The lowest BCUT2D eigenvalue weighted by atomic mass is 9.89. The van der Waals surface area contributed by atoms with Crippen LogP contribution in [-0.2, 0) is 9.47 Å².